The van der Waals surface area contributed by atoms with Gasteiger partial charge in [-0.2, -0.15) is 0 Å². The van der Waals surface area contributed by atoms with E-state index in [0.717, 1.165) is 25.9 Å². The van der Waals surface area contributed by atoms with Gasteiger partial charge in [-0.15, -0.1) is 0 Å². The predicted octanol–water partition coefficient (Wildman–Crippen LogP) is 2.94. The van der Waals surface area contributed by atoms with E-state index in [1.807, 2.05) is 0 Å². The summed E-state index contributed by atoms with van der Waals surface area (Å²) in [7, 11) is 2.17. The fourth-order valence-electron chi connectivity index (χ4n) is 1.99. The van der Waals surface area contributed by atoms with E-state index >= 15 is 0 Å². The van der Waals surface area contributed by atoms with Crippen molar-refractivity contribution in [3.8, 4) is 0 Å². The second-order valence-electron chi connectivity index (χ2n) is 5.06. The molecule has 0 saturated heterocycles. The average molecular weight is 234 g/mol. The number of hydrogen-bond acceptors (Lipinski definition) is 2. The maximum absolute atomic E-state index is 6.02. The Balaban J connectivity index is 2.29. The maximum Gasteiger partial charge on any atom is 0.0230 e. The normalized spacial score (nSPS) is 13.0. The van der Waals surface area contributed by atoms with Gasteiger partial charge in [0.25, 0.3) is 0 Å². The molecule has 1 unspecified atom stereocenters. The highest BCUT2D eigenvalue weighted by atomic mass is 15.1. The topological polar surface area (TPSA) is 29.3 Å². The number of nitrogens with two attached hydrogens (primary N) is 1. The van der Waals surface area contributed by atoms with Gasteiger partial charge in [0.05, 0.1) is 0 Å². The SMILES string of the molecule is CCCC(N)CCN(C)Cc1ccc(C)cc1. The summed E-state index contributed by atoms with van der Waals surface area (Å²) in [6.45, 7) is 6.40. The van der Waals surface area contributed by atoms with Crippen molar-refractivity contribution in [2.75, 3.05) is 13.6 Å². The summed E-state index contributed by atoms with van der Waals surface area (Å²) in [5.41, 5.74) is 8.72. The molecule has 1 atom stereocenters. The van der Waals surface area contributed by atoms with Crippen LogP contribution in [0.2, 0.25) is 0 Å². The van der Waals surface area contributed by atoms with E-state index < -0.39 is 0 Å². The van der Waals surface area contributed by atoms with Crippen LogP contribution >= 0.6 is 0 Å². The van der Waals surface area contributed by atoms with Gasteiger partial charge in [-0.1, -0.05) is 43.2 Å². The van der Waals surface area contributed by atoms with Crippen LogP contribution in [-0.4, -0.2) is 24.5 Å². The minimum atomic E-state index is 0.362. The minimum Gasteiger partial charge on any atom is -0.328 e. The van der Waals surface area contributed by atoms with Crippen molar-refractivity contribution < 1.29 is 0 Å². The Morgan fingerprint density at radius 2 is 1.82 bits per heavy atom. The van der Waals surface area contributed by atoms with E-state index in [1.165, 1.54) is 17.5 Å². The Bertz CT molecular complexity index is 305. The second kappa shape index (κ2) is 7.46. The van der Waals surface area contributed by atoms with Crippen molar-refractivity contribution >= 4 is 0 Å². The van der Waals surface area contributed by atoms with Crippen molar-refractivity contribution in [2.24, 2.45) is 5.73 Å². The molecule has 0 amide bonds. The molecule has 0 heterocycles. The average Bonchev–Trinajstić information content (AvgIpc) is 2.30. The first-order valence-electron chi connectivity index (χ1n) is 6.61. The third-order valence-corrected chi connectivity index (χ3v) is 3.11. The Morgan fingerprint density at radius 1 is 1.18 bits per heavy atom. The van der Waals surface area contributed by atoms with Gasteiger partial charge >= 0.3 is 0 Å². The molecule has 0 bridgehead atoms. The lowest BCUT2D eigenvalue weighted by atomic mass is 10.1. The van der Waals surface area contributed by atoms with Gasteiger partial charge in [0, 0.05) is 12.6 Å². The third kappa shape index (κ3) is 5.85. The summed E-state index contributed by atoms with van der Waals surface area (Å²) in [6, 6.07) is 9.12. The quantitative estimate of drug-likeness (QED) is 0.786. The highest BCUT2D eigenvalue weighted by Crippen LogP contribution is 2.07. The molecule has 0 spiro atoms. The van der Waals surface area contributed by atoms with Gasteiger partial charge in [0.2, 0.25) is 0 Å². The second-order valence-corrected chi connectivity index (χ2v) is 5.06. The van der Waals surface area contributed by atoms with Crippen molar-refractivity contribution in [3.63, 3.8) is 0 Å². The summed E-state index contributed by atoms with van der Waals surface area (Å²) < 4.78 is 0. The lowest BCUT2D eigenvalue weighted by Crippen LogP contribution is -2.27. The molecule has 0 aliphatic heterocycles. The van der Waals surface area contributed by atoms with Gasteiger partial charge in [-0.05, 0) is 38.9 Å². The first-order valence-corrected chi connectivity index (χ1v) is 6.61. The number of nitrogens with zero attached hydrogens (tertiary/aromatic N) is 1. The lowest BCUT2D eigenvalue weighted by Gasteiger charge is -2.19. The van der Waals surface area contributed by atoms with Crippen LogP contribution < -0.4 is 5.73 Å². The van der Waals surface area contributed by atoms with Crippen molar-refractivity contribution in [1.82, 2.24) is 4.90 Å². The van der Waals surface area contributed by atoms with Crippen LogP contribution in [0.5, 0.6) is 0 Å². The van der Waals surface area contributed by atoms with Crippen LogP contribution in [0.25, 0.3) is 0 Å². The minimum absolute atomic E-state index is 0.362. The monoisotopic (exact) mass is 234 g/mol. The number of aryl methyl sites for hydroxylation is 1. The first-order chi connectivity index (χ1) is 8.11. The van der Waals surface area contributed by atoms with Crippen LogP contribution in [0.1, 0.15) is 37.3 Å². The summed E-state index contributed by atoms with van der Waals surface area (Å²) >= 11 is 0. The van der Waals surface area contributed by atoms with Gasteiger partial charge in [-0.3, -0.25) is 0 Å². The number of benzene rings is 1. The number of rotatable bonds is 7. The summed E-state index contributed by atoms with van der Waals surface area (Å²) in [4.78, 5) is 2.35. The van der Waals surface area contributed by atoms with Crippen LogP contribution in [0, 0.1) is 6.92 Å². The van der Waals surface area contributed by atoms with Crippen molar-refractivity contribution in [1.29, 1.82) is 0 Å². The largest absolute Gasteiger partial charge is 0.328 e. The molecule has 17 heavy (non-hydrogen) atoms. The molecular formula is C15H26N2. The van der Waals surface area contributed by atoms with E-state index in [4.69, 9.17) is 5.73 Å². The van der Waals surface area contributed by atoms with Crippen LogP contribution in [-0.2, 0) is 6.54 Å². The molecule has 0 aliphatic rings. The molecule has 1 aromatic rings. The summed E-state index contributed by atoms with van der Waals surface area (Å²) in [5.74, 6) is 0. The molecule has 0 radical (unpaired) electrons. The molecule has 0 saturated carbocycles. The Morgan fingerprint density at radius 3 is 2.41 bits per heavy atom. The molecule has 0 aliphatic carbocycles. The molecule has 0 fully saturated rings. The van der Waals surface area contributed by atoms with E-state index in [9.17, 15) is 0 Å². The van der Waals surface area contributed by atoms with E-state index in [-0.39, 0.29) is 0 Å². The molecule has 2 nitrogen and oxygen atoms in total. The molecule has 0 aromatic heterocycles. The zero-order valence-corrected chi connectivity index (χ0v) is 11.4. The highest BCUT2D eigenvalue weighted by Gasteiger charge is 2.04. The molecule has 2 N–H and O–H groups in total. The Labute approximate surface area is 106 Å². The smallest absolute Gasteiger partial charge is 0.0230 e. The van der Waals surface area contributed by atoms with Crippen LogP contribution in [0.3, 0.4) is 0 Å². The Kier molecular flexibility index (Phi) is 6.23. The molecule has 2 heteroatoms. The zero-order valence-electron chi connectivity index (χ0n) is 11.4. The van der Waals surface area contributed by atoms with E-state index in [0.29, 0.717) is 6.04 Å². The van der Waals surface area contributed by atoms with E-state index in [2.05, 4.69) is 50.1 Å². The van der Waals surface area contributed by atoms with Crippen LogP contribution in [0.15, 0.2) is 24.3 Å². The molecule has 96 valence electrons. The Hall–Kier alpha value is -0.860. The van der Waals surface area contributed by atoms with Gasteiger partial charge < -0.3 is 10.6 Å². The lowest BCUT2D eigenvalue weighted by molar-refractivity contribution is 0.307. The first kappa shape index (κ1) is 14.2. The highest BCUT2D eigenvalue weighted by molar-refractivity contribution is 5.21. The summed E-state index contributed by atoms with van der Waals surface area (Å²) in [5, 5.41) is 0. The van der Waals surface area contributed by atoms with Crippen molar-refractivity contribution in [2.45, 2.75) is 45.7 Å². The fourth-order valence-corrected chi connectivity index (χ4v) is 1.99. The molecule has 1 rings (SSSR count). The third-order valence-electron chi connectivity index (χ3n) is 3.11. The van der Waals surface area contributed by atoms with E-state index in [1.54, 1.807) is 0 Å². The number of hydrogen-bond donors (Lipinski definition) is 1. The molecular weight excluding hydrogens is 208 g/mol. The van der Waals surface area contributed by atoms with Crippen LogP contribution in [0.4, 0.5) is 0 Å². The zero-order chi connectivity index (χ0) is 12.7. The van der Waals surface area contributed by atoms with Gasteiger partial charge in [-0.25, -0.2) is 0 Å². The maximum atomic E-state index is 6.02. The van der Waals surface area contributed by atoms with Gasteiger partial charge in [0.1, 0.15) is 0 Å². The standard InChI is InChI=1S/C15H26N2/c1-4-5-15(16)10-11-17(3)12-14-8-6-13(2)7-9-14/h6-9,15H,4-5,10-12,16H2,1-3H3. The predicted molar refractivity (Wildman–Crippen MR) is 75.0 cm³/mol. The fraction of sp³-hybridized carbons (Fsp3) is 0.600. The molecule has 1 aromatic carbocycles. The van der Waals surface area contributed by atoms with Crippen molar-refractivity contribution in [3.05, 3.63) is 35.4 Å². The summed E-state index contributed by atoms with van der Waals surface area (Å²) in [6.07, 6.45) is 3.41. The van der Waals surface area contributed by atoms with Gasteiger partial charge in [0.15, 0.2) is 0 Å².